The SMILES string of the molecule is C[Si](C)(C)CCCCN1C(=O)c2ccccc2C1=O. The van der Waals surface area contributed by atoms with Crippen LogP contribution in [0.2, 0.25) is 25.7 Å². The number of carbonyl (C=O) groups excluding carboxylic acids is 2. The zero-order chi connectivity index (χ0) is 14.0. The average molecular weight is 275 g/mol. The molecule has 2 rings (SSSR count). The summed E-state index contributed by atoms with van der Waals surface area (Å²) in [4.78, 5) is 25.6. The van der Waals surface area contributed by atoms with Crippen LogP contribution in [0.4, 0.5) is 0 Å². The Kier molecular flexibility index (Phi) is 3.90. The van der Waals surface area contributed by atoms with Gasteiger partial charge in [0.2, 0.25) is 0 Å². The van der Waals surface area contributed by atoms with Gasteiger partial charge in [0.15, 0.2) is 0 Å². The minimum atomic E-state index is -1.02. The minimum Gasteiger partial charge on any atom is -0.274 e. The van der Waals surface area contributed by atoms with Crippen LogP contribution < -0.4 is 0 Å². The number of benzene rings is 1. The lowest BCUT2D eigenvalue weighted by Crippen LogP contribution is -2.31. The third-order valence-electron chi connectivity index (χ3n) is 3.44. The quantitative estimate of drug-likeness (QED) is 0.469. The summed E-state index contributed by atoms with van der Waals surface area (Å²) < 4.78 is 0. The summed E-state index contributed by atoms with van der Waals surface area (Å²) in [6.45, 7) is 7.58. The van der Waals surface area contributed by atoms with E-state index in [1.807, 2.05) is 0 Å². The van der Waals surface area contributed by atoms with Gasteiger partial charge in [0.1, 0.15) is 0 Å². The lowest BCUT2D eigenvalue weighted by molar-refractivity contribution is 0.0652. The van der Waals surface area contributed by atoms with E-state index in [0.29, 0.717) is 17.7 Å². The molecule has 2 amide bonds. The number of unbranched alkanes of at least 4 members (excludes halogenated alkanes) is 1. The van der Waals surface area contributed by atoms with Crippen LogP contribution in [0.25, 0.3) is 0 Å². The maximum atomic E-state index is 12.1. The van der Waals surface area contributed by atoms with Gasteiger partial charge in [-0.15, -0.1) is 0 Å². The smallest absolute Gasteiger partial charge is 0.261 e. The van der Waals surface area contributed by atoms with Crippen LogP contribution in [0.5, 0.6) is 0 Å². The summed E-state index contributed by atoms with van der Waals surface area (Å²) in [6.07, 6.45) is 2.01. The molecule has 0 saturated carbocycles. The fraction of sp³-hybridized carbons (Fsp3) is 0.467. The van der Waals surface area contributed by atoms with Gasteiger partial charge >= 0.3 is 0 Å². The van der Waals surface area contributed by atoms with E-state index in [4.69, 9.17) is 0 Å². The zero-order valence-corrected chi connectivity index (χ0v) is 12.9. The summed E-state index contributed by atoms with van der Waals surface area (Å²) in [7, 11) is -1.02. The normalized spacial score (nSPS) is 15.0. The number of nitrogens with zero attached hydrogens (tertiary/aromatic N) is 1. The van der Waals surface area contributed by atoms with E-state index in [1.165, 1.54) is 10.9 Å². The summed E-state index contributed by atoms with van der Waals surface area (Å²) in [6, 6.07) is 8.32. The van der Waals surface area contributed by atoms with Gasteiger partial charge in [0.25, 0.3) is 11.8 Å². The Bertz CT molecular complexity index is 470. The minimum absolute atomic E-state index is 0.131. The predicted octanol–water partition coefficient (Wildman–Crippen LogP) is 3.40. The highest BCUT2D eigenvalue weighted by atomic mass is 28.3. The van der Waals surface area contributed by atoms with Crippen molar-refractivity contribution in [1.82, 2.24) is 4.90 Å². The standard InChI is InChI=1S/C15H21NO2Si/c1-19(2,3)11-7-6-10-16-14(17)12-8-4-5-9-13(12)15(16)18/h4-5,8-9H,6-7,10-11H2,1-3H3. The molecule has 1 aromatic carbocycles. The van der Waals surface area contributed by atoms with E-state index in [9.17, 15) is 9.59 Å². The first-order chi connectivity index (χ1) is 8.90. The molecule has 1 aromatic rings. The monoisotopic (exact) mass is 275 g/mol. The van der Waals surface area contributed by atoms with Crippen molar-refractivity contribution < 1.29 is 9.59 Å². The number of hydrogen-bond donors (Lipinski definition) is 0. The third kappa shape index (κ3) is 3.12. The van der Waals surface area contributed by atoms with Crippen molar-refractivity contribution in [3.8, 4) is 0 Å². The van der Waals surface area contributed by atoms with Crippen molar-refractivity contribution in [2.24, 2.45) is 0 Å². The van der Waals surface area contributed by atoms with E-state index < -0.39 is 8.07 Å². The second-order valence-electron chi connectivity index (χ2n) is 6.33. The van der Waals surface area contributed by atoms with Gasteiger partial charge in [-0.1, -0.05) is 44.2 Å². The average Bonchev–Trinajstić information content (AvgIpc) is 2.58. The number of fused-ring (bicyclic) bond motifs is 1. The second kappa shape index (κ2) is 5.29. The molecule has 19 heavy (non-hydrogen) atoms. The van der Waals surface area contributed by atoms with Crippen molar-refractivity contribution in [1.29, 1.82) is 0 Å². The molecule has 0 saturated heterocycles. The Hall–Kier alpha value is -1.42. The Morgan fingerprint density at radius 1 is 0.947 bits per heavy atom. The van der Waals surface area contributed by atoms with Crippen LogP contribution in [0.3, 0.4) is 0 Å². The number of carbonyl (C=O) groups is 2. The topological polar surface area (TPSA) is 37.4 Å². The molecular formula is C15H21NO2Si. The molecule has 0 atom stereocenters. The molecule has 0 bridgehead atoms. The van der Waals surface area contributed by atoms with Crippen LogP contribution in [0.15, 0.2) is 24.3 Å². The van der Waals surface area contributed by atoms with E-state index in [1.54, 1.807) is 24.3 Å². The molecule has 3 nitrogen and oxygen atoms in total. The van der Waals surface area contributed by atoms with Crippen LogP contribution >= 0.6 is 0 Å². The molecule has 0 spiro atoms. The van der Waals surface area contributed by atoms with Gasteiger partial charge in [-0.05, 0) is 18.6 Å². The number of hydrogen-bond acceptors (Lipinski definition) is 2. The maximum absolute atomic E-state index is 12.1. The highest BCUT2D eigenvalue weighted by Crippen LogP contribution is 2.23. The van der Waals surface area contributed by atoms with Crippen molar-refractivity contribution in [2.75, 3.05) is 6.54 Å². The Balaban J connectivity index is 1.94. The first-order valence-electron chi connectivity index (χ1n) is 6.85. The van der Waals surface area contributed by atoms with E-state index >= 15 is 0 Å². The molecule has 4 heteroatoms. The lowest BCUT2D eigenvalue weighted by Gasteiger charge is -2.17. The largest absolute Gasteiger partial charge is 0.274 e. The van der Waals surface area contributed by atoms with Gasteiger partial charge in [0, 0.05) is 14.6 Å². The molecule has 0 radical (unpaired) electrons. The number of imide groups is 1. The zero-order valence-electron chi connectivity index (χ0n) is 11.9. The fourth-order valence-corrected chi connectivity index (χ4v) is 3.68. The van der Waals surface area contributed by atoms with Crippen molar-refractivity contribution >= 4 is 19.9 Å². The highest BCUT2D eigenvalue weighted by Gasteiger charge is 2.34. The highest BCUT2D eigenvalue weighted by molar-refractivity contribution is 6.76. The molecule has 1 aliphatic heterocycles. The molecule has 0 unspecified atom stereocenters. The number of amides is 2. The summed E-state index contributed by atoms with van der Waals surface area (Å²) in [5.74, 6) is -0.262. The van der Waals surface area contributed by atoms with Crippen LogP contribution in [0.1, 0.15) is 33.6 Å². The Morgan fingerprint density at radius 2 is 1.47 bits per heavy atom. The molecule has 0 aliphatic carbocycles. The van der Waals surface area contributed by atoms with Crippen LogP contribution in [-0.2, 0) is 0 Å². The molecule has 0 N–H and O–H groups in total. The van der Waals surface area contributed by atoms with Crippen LogP contribution in [-0.4, -0.2) is 31.3 Å². The maximum Gasteiger partial charge on any atom is 0.261 e. The summed E-state index contributed by atoms with van der Waals surface area (Å²) >= 11 is 0. The van der Waals surface area contributed by atoms with Gasteiger partial charge in [-0.25, -0.2) is 0 Å². The first kappa shape index (κ1) is 14.0. The first-order valence-corrected chi connectivity index (χ1v) is 10.6. The molecular weight excluding hydrogens is 254 g/mol. The third-order valence-corrected chi connectivity index (χ3v) is 5.29. The van der Waals surface area contributed by atoms with Gasteiger partial charge in [0.05, 0.1) is 11.1 Å². The molecule has 102 valence electrons. The summed E-state index contributed by atoms with van der Waals surface area (Å²) in [5, 5.41) is 0. The number of rotatable bonds is 5. The molecule has 0 aromatic heterocycles. The van der Waals surface area contributed by atoms with E-state index in [2.05, 4.69) is 19.6 Å². The lowest BCUT2D eigenvalue weighted by atomic mass is 10.1. The molecule has 1 heterocycles. The second-order valence-corrected chi connectivity index (χ2v) is 11.9. The van der Waals surface area contributed by atoms with Crippen molar-refractivity contribution in [2.45, 2.75) is 38.5 Å². The van der Waals surface area contributed by atoms with Crippen LogP contribution in [0, 0.1) is 0 Å². The predicted molar refractivity (Wildman–Crippen MR) is 79.2 cm³/mol. The van der Waals surface area contributed by atoms with Gasteiger partial charge in [-0.2, -0.15) is 0 Å². The van der Waals surface area contributed by atoms with Crippen molar-refractivity contribution in [3.05, 3.63) is 35.4 Å². The Labute approximate surface area is 115 Å². The fourth-order valence-electron chi connectivity index (χ4n) is 2.37. The van der Waals surface area contributed by atoms with Crippen molar-refractivity contribution in [3.63, 3.8) is 0 Å². The molecule has 0 fully saturated rings. The van der Waals surface area contributed by atoms with E-state index in [-0.39, 0.29) is 11.8 Å². The van der Waals surface area contributed by atoms with Gasteiger partial charge in [-0.3, -0.25) is 14.5 Å². The molecule has 1 aliphatic rings. The summed E-state index contributed by atoms with van der Waals surface area (Å²) in [5.41, 5.74) is 1.11. The van der Waals surface area contributed by atoms with Gasteiger partial charge < -0.3 is 0 Å². The Morgan fingerprint density at radius 3 is 1.95 bits per heavy atom. The van der Waals surface area contributed by atoms with E-state index in [0.717, 1.165) is 12.8 Å².